The summed E-state index contributed by atoms with van der Waals surface area (Å²) in [6.07, 6.45) is 1.39. The van der Waals surface area contributed by atoms with Crippen molar-refractivity contribution < 1.29 is 15.0 Å². The van der Waals surface area contributed by atoms with Gasteiger partial charge in [0.25, 0.3) is 5.91 Å². The topological polar surface area (TPSA) is 113 Å². The Balaban J connectivity index is 2.83. The Labute approximate surface area is 92.9 Å². The van der Waals surface area contributed by atoms with E-state index in [1.54, 1.807) is 0 Å². The Hall–Kier alpha value is -1.60. The van der Waals surface area contributed by atoms with Crippen molar-refractivity contribution >= 4 is 11.6 Å². The van der Waals surface area contributed by atoms with Gasteiger partial charge in [0.15, 0.2) is 0 Å². The predicted octanol–water partition coefficient (Wildman–Crippen LogP) is -1.43. The van der Waals surface area contributed by atoms with E-state index in [0.717, 1.165) is 0 Å². The molecule has 0 aliphatic heterocycles. The lowest BCUT2D eigenvalue weighted by atomic mass is 10.3. The molecule has 0 radical (unpaired) electrons. The minimum atomic E-state index is -0.688. The average Bonchev–Trinajstić information content (AvgIpc) is 2.67. The third kappa shape index (κ3) is 2.50. The van der Waals surface area contributed by atoms with Gasteiger partial charge in [-0.15, -0.1) is 0 Å². The van der Waals surface area contributed by atoms with Crippen molar-refractivity contribution in [3.63, 3.8) is 0 Å². The van der Waals surface area contributed by atoms with E-state index in [1.165, 1.54) is 10.9 Å². The molecule has 0 aromatic carbocycles. The summed E-state index contributed by atoms with van der Waals surface area (Å²) in [6, 6.07) is -0.688. The fraction of sp³-hybridized carbons (Fsp3) is 0.556. The summed E-state index contributed by atoms with van der Waals surface area (Å²) in [5.41, 5.74) is 6.12. The predicted molar refractivity (Wildman–Crippen MR) is 57.7 cm³/mol. The van der Waals surface area contributed by atoms with Crippen LogP contribution in [0.3, 0.4) is 0 Å². The highest BCUT2D eigenvalue weighted by molar-refractivity contribution is 5.97. The number of carbonyl (C=O) groups is 1. The van der Waals surface area contributed by atoms with Gasteiger partial charge in [0.05, 0.1) is 31.1 Å². The highest BCUT2D eigenvalue weighted by atomic mass is 16.3. The van der Waals surface area contributed by atoms with Gasteiger partial charge in [-0.3, -0.25) is 9.48 Å². The Morgan fingerprint density at radius 2 is 2.25 bits per heavy atom. The van der Waals surface area contributed by atoms with Crippen LogP contribution in [0.1, 0.15) is 17.4 Å². The first-order chi connectivity index (χ1) is 7.63. The number of nitrogens with two attached hydrogens (primary N) is 1. The van der Waals surface area contributed by atoms with Gasteiger partial charge >= 0.3 is 0 Å². The molecule has 0 bridgehead atoms. The minimum absolute atomic E-state index is 0.245. The van der Waals surface area contributed by atoms with E-state index in [2.05, 4.69) is 10.4 Å². The molecule has 0 fully saturated rings. The number of nitrogens with one attached hydrogen (secondary N) is 1. The molecule has 1 aromatic heterocycles. The van der Waals surface area contributed by atoms with E-state index in [4.69, 9.17) is 15.9 Å². The summed E-state index contributed by atoms with van der Waals surface area (Å²) >= 11 is 0. The standard InChI is InChI=1S/C9H16N4O3/c1-2-13-8(7(10)3-11-13)9(16)12-6(4-14)5-15/h3,6,14-15H,2,4-5,10H2,1H3,(H,12,16). The highest BCUT2D eigenvalue weighted by Crippen LogP contribution is 2.10. The van der Waals surface area contributed by atoms with Crippen LogP contribution in [0.4, 0.5) is 5.69 Å². The first kappa shape index (κ1) is 12.5. The monoisotopic (exact) mass is 228 g/mol. The smallest absolute Gasteiger partial charge is 0.272 e. The first-order valence-electron chi connectivity index (χ1n) is 4.97. The summed E-state index contributed by atoms with van der Waals surface area (Å²) in [5, 5.41) is 24.1. The molecular weight excluding hydrogens is 212 g/mol. The van der Waals surface area contributed by atoms with Crippen molar-refractivity contribution in [1.29, 1.82) is 0 Å². The Morgan fingerprint density at radius 3 is 2.75 bits per heavy atom. The second-order valence-electron chi connectivity index (χ2n) is 3.30. The van der Waals surface area contributed by atoms with Gasteiger partial charge < -0.3 is 21.3 Å². The third-order valence-electron chi connectivity index (χ3n) is 2.16. The molecule has 0 unspecified atom stereocenters. The normalized spacial score (nSPS) is 10.8. The van der Waals surface area contributed by atoms with E-state index < -0.39 is 11.9 Å². The summed E-state index contributed by atoms with van der Waals surface area (Å²) in [4.78, 5) is 11.8. The number of nitrogen functional groups attached to an aromatic ring is 1. The van der Waals surface area contributed by atoms with E-state index in [1.807, 2.05) is 6.92 Å². The van der Waals surface area contributed by atoms with Crippen molar-refractivity contribution in [1.82, 2.24) is 15.1 Å². The molecule has 1 aromatic rings. The van der Waals surface area contributed by atoms with Crippen molar-refractivity contribution in [2.24, 2.45) is 0 Å². The van der Waals surface area contributed by atoms with Crippen molar-refractivity contribution in [2.75, 3.05) is 18.9 Å². The molecule has 1 heterocycles. The molecular formula is C9H16N4O3. The van der Waals surface area contributed by atoms with E-state index in [0.29, 0.717) is 6.54 Å². The zero-order valence-electron chi connectivity index (χ0n) is 9.05. The number of hydrogen-bond donors (Lipinski definition) is 4. The maximum atomic E-state index is 11.8. The number of aliphatic hydroxyl groups is 2. The molecule has 5 N–H and O–H groups in total. The maximum absolute atomic E-state index is 11.8. The van der Waals surface area contributed by atoms with Crippen LogP contribution in [0, 0.1) is 0 Å². The van der Waals surface area contributed by atoms with Crippen molar-refractivity contribution in [2.45, 2.75) is 19.5 Å². The summed E-state index contributed by atoms with van der Waals surface area (Å²) in [6.45, 7) is 1.69. The fourth-order valence-corrected chi connectivity index (χ4v) is 1.29. The van der Waals surface area contributed by atoms with Crippen LogP contribution in [-0.4, -0.2) is 45.2 Å². The van der Waals surface area contributed by atoms with Gasteiger partial charge in [-0.2, -0.15) is 5.10 Å². The van der Waals surface area contributed by atoms with Crippen molar-refractivity contribution in [3.05, 3.63) is 11.9 Å². The van der Waals surface area contributed by atoms with E-state index in [9.17, 15) is 4.79 Å². The number of hydrogen-bond acceptors (Lipinski definition) is 5. The first-order valence-corrected chi connectivity index (χ1v) is 4.97. The molecule has 0 saturated carbocycles. The molecule has 7 heteroatoms. The molecule has 0 saturated heterocycles. The largest absolute Gasteiger partial charge is 0.396 e. The summed E-state index contributed by atoms with van der Waals surface area (Å²) < 4.78 is 1.45. The number of carbonyl (C=O) groups excluding carboxylic acids is 1. The van der Waals surface area contributed by atoms with E-state index >= 15 is 0 Å². The van der Waals surface area contributed by atoms with Gasteiger partial charge in [0.1, 0.15) is 5.69 Å². The fourth-order valence-electron chi connectivity index (χ4n) is 1.29. The second kappa shape index (κ2) is 5.47. The van der Waals surface area contributed by atoms with Crippen LogP contribution >= 0.6 is 0 Å². The quantitative estimate of drug-likeness (QED) is 0.493. The number of aryl methyl sites for hydroxylation is 1. The van der Waals surface area contributed by atoms with Crippen LogP contribution in [0.15, 0.2) is 6.20 Å². The van der Waals surface area contributed by atoms with Gasteiger partial charge in [0.2, 0.25) is 0 Å². The van der Waals surface area contributed by atoms with Crippen LogP contribution in [0.25, 0.3) is 0 Å². The number of nitrogens with zero attached hydrogens (tertiary/aromatic N) is 2. The van der Waals surface area contributed by atoms with E-state index in [-0.39, 0.29) is 24.6 Å². The summed E-state index contributed by atoms with van der Waals surface area (Å²) in [5.74, 6) is -0.454. The number of aromatic nitrogens is 2. The van der Waals surface area contributed by atoms with Crippen LogP contribution in [0.2, 0.25) is 0 Å². The summed E-state index contributed by atoms with van der Waals surface area (Å²) in [7, 11) is 0. The van der Waals surface area contributed by atoms with Crippen LogP contribution < -0.4 is 11.1 Å². The number of aliphatic hydroxyl groups excluding tert-OH is 2. The zero-order chi connectivity index (χ0) is 12.1. The zero-order valence-corrected chi connectivity index (χ0v) is 9.05. The average molecular weight is 228 g/mol. The Kier molecular flexibility index (Phi) is 4.27. The lowest BCUT2D eigenvalue weighted by Gasteiger charge is -2.14. The number of amides is 1. The van der Waals surface area contributed by atoms with Crippen LogP contribution in [-0.2, 0) is 6.54 Å². The molecule has 1 rings (SSSR count). The van der Waals surface area contributed by atoms with Gasteiger partial charge in [-0.05, 0) is 6.92 Å². The third-order valence-corrected chi connectivity index (χ3v) is 2.16. The van der Waals surface area contributed by atoms with Crippen molar-refractivity contribution in [3.8, 4) is 0 Å². The molecule has 0 spiro atoms. The molecule has 0 aliphatic rings. The SMILES string of the molecule is CCn1ncc(N)c1C(=O)NC(CO)CO. The molecule has 90 valence electrons. The molecule has 0 aliphatic carbocycles. The Bertz CT molecular complexity index is 360. The number of rotatable bonds is 5. The molecule has 16 heavy (non-hydrogen) atoms. The highest BCUT2D eigenvalue weighted by Gasteiger charge is 2.18. The maximum Gasteiger partial charge on any atom is 0.272 e. The molecule has 0 atom stereocenters. The van der Waals surface area contributed by atoms with Crippen LogP contribution in [0.5, 0.6) is 0 Å². The second-order valence-corrected chi connectivity index (χ2v) is 3.30. The lowest BCUT2D eigenvalue weighted by Crippen LogP contribution is -2.41. The van der Waals surface area contributed by atoms with Gasteiger partial charge in [-0.25, -0.2) is 0 Å². The van der Waals surface area contributed by atoms with Gasteiger partial charge in [0, 0.05) is 6.54 Å². The van der Waals surface area contributed by atoms with Gasteiger partial charge in [-0.1, -0.05) is 0 Å². The lowest BCUT2D eigenvalue weighted by molar-refractivity contribution is 0.0869. The molecule has 1 amide bonds. The Morgan fingerprint density at radius 1 is 1.62 bits per heavy atom. The molecule has 7 nitrogen and oxygen atoms in total. The minimum Gasteiger partial charge on any atom is -0.396 e. The number of anilines is 1.